The van der Waals surface area contributed by atoms with Crippen LogP contribution < -0.4 is 16.4 Å². The Hall–Kier alpha value is -2.04. The molecule has 0 spiro atoms. The molecule has 1 aromatic carbocycles. The van der Waals surface area contributed by atoms with Crippen molar-refractivity contribution in [1.82, 2.24) is 10.6 Å². The molecule has 0 bridgehead atoms. The fraction of sp³-hybridized carbons (Fsp3) is 0.500. The molecular formula is C16H25N3O2. The van der Waals surface area contributed by atoms with Crippen LogP contribution in [-0.2, 0) is 16.0 Å². The maximum absolute atomic E-state index is 11.6. The summed E-state index contributed by atoms with van der Waals surface area (Å²) in [5, 5.41) is 5.66. The summed E-state index contributed by atoms with van der Waals surface area (Å²) in [4.78, 5) is 22.3. The first kappa shape index (κ1) is 17.0. The van der Waals surface area contributed by atoms with E-state index < -0.39 is 0 Å². The normalized spacial score (nSPS) is 10.1. The van der Waals surface area contributed by atoms with Gasteiger partial charge < -0.3 is 16.4 Å². The van der Waals surface area contributed by atoms with Crippen molar-refractivity contribution in [3.63, 3.8) is 0 Å². The molecule has 0 aliphatic carbocycles. The summed E-state index contributed by atoms with van der Waals surface area (Å²) in [5.74, 6) is 0.0837. The number of nitrogen functional groups attached to an aromatic ring is 1. The topological polar surface area (TPSA) is 84.2 Å². The average Bonchev–Trinajstić information content (AvgIpc) is 2.44. The third-order valence-electron chi connectivity index (χ3n) is 3.17. The molecule has 0 aliphatic rings. The molecule has 0 saturated heterocycles. The molecule has 5 heteroatoms. The Kier molecular flexibility index (Phi) is 7.94. The van der Waals surface area contributed by atoms with Crippen molar-refractivity contribution < 1.29 is 9.59 Å². The van der Waals surface area contributed by atoms with E-state index in [4.69, 9.17) is 5.73 Å². The molecule has 5 nitrogen and oxygen atoms in total. The van der Waals surface area contributed by atoms with Crippen molar-refractivity contribution >= 4 is 17.5 Å². The summed E-state index contributed by atoms with van der Waals surface area (Å²) in [7, 11) is 0. The minimum absolute atomic E-state index is 0.00425. The highest BCUT2D eigenvalue weighted by Gasteiger charge is 2.01. The van der Waals surface area contributed by atoms with E-state index in [9.17, 15) is 9.59 Å². The molecule has 116 valence electrons. The van der Waals surface area contributed by atoms with E-state index in [-0.39, 0.29) is 11.8 Å². The first-order valence-electron chi connectivity index (χ1n) is 7.43. The third kappa shape index (κ3) is 8.68. The van der Waals surface area contributed by atoms with Gasteiger partial charge in [0.25, 0.3) is 0 Å². The minimum atomic E-state index is -0.00425. The van der Waals surface area contributed by atoms with Gasteiger partial charge in [-0.15, -0.1) is 0 Å². The van der Waals surface area contributed by atoms with Gasteiger partial charge >= 0.3 is 0 Å². The lowest BCUT2D eigenvalue weighted by Gasteiger charge is -2.06. The number of hydrogen-bond acceptors (Lipinski definition) is 3. The quantitative estimate of drug-likeness (QED) is 0.477. The zero-order valence-electron chi connectivity index (χ0n) is 12.7. The highest BCUT2D eigenvalue weighted by molar-refractivity contribution is 5.75. The number of carbonyl (C=O) groups excluding carboxylic acids is 2. The number of amides is 2. The van der Waals surface area contributed by atoms with Crippen LogP contribution in [0.1, 0.15) is 38.2 Å². The summed E-state index contributed by atoms with van der Waals surface area (Å²) in [6.07, 6.45) is 4.08. The Bertz CT molecular complexity index is 443. The summed E-state index contributed by atoms with van der Waals surface area (Å²) in [6, 6.07) is 7.69. The molecule has 1 aromatic rings. The van der Waals surface area contributed by atoms with Gasteiger partial charge in [-0.25, -0.2) is 0 Å². The van der Waals surface area contributed by atoms with Crippen molar-refractivity contribution in [3.05, 3.63) is 29.8 Å². The maximum Gasteiger partial charge on any atom is 0.220 e. The fourth-order valence-electron chi connectivity index (χ4n) is 1.97. The molecule has 21 heavy (non-hydrogen) atoms. The molecule has 0 atom stereocenters. The predicted octanol–water partition coefficient (Wildman–Crippen LogP) is 1.62. The standard InChI is InChI=1S/C16H25N3O2/c1-13(20)18-11-4-2-3-5-16(21)19-12-10-14-6-8-15(17)9-7-14/h6-9H,2-5,10-12,17H2,1H3,(H,18,20)(H,19,21). The highest BCUT2D eigenvalue weighted by atomic mass is 16.2. The highest BCUT2D eigenvalue weighted by Crippen LogP contribution is 2.05. The number of carbonyl (C=O) groups is 2. The van der Waals surface area contributed by atoms with Gasteiger partial charge in [-0.05, 0) is 37.0 Å². The van der Waals surface area contributed by atoms with Crippen molar-refractivity contribution in [2.75, 3.05) is 18.8 Å². The summed E-state index contributed by atoms with van der Waals surface area (Å²) < 4.78 is 0. The number of nitrogens with one attached hydrogen (secondary N) is 2. The van der Waals surface area contributed by atoms with Crippen LogP contribution in [0.2, 0.25) is 0 Å². The van der Waals surface area contributed by atoms with Crippen LogP contribution in [0.5, 0.6) is 0 Å². The number of anilines is 1. The number of unbranched alkanes of at least 4 members (excludes halogenated alkanes) is 2. The van der Waals surface area contributed by atoms with E-state index in [1.54, 1.807) is 0 Å². The molecule has 4 N–H and O–H groups in total. The first-order valence-corrected chi connectivity index (χ1v) is 7.43. The number of nitrogens with two attached hydrogens (primary N) is 1. The molecule has 0 fully saturated rings. The van der Waals surface area contributed by atoms with E-state index in [2.05, 4.69) is 10.6 Å². The molecule has 0 heterocycles. The van der Waals surface area contributed by atoms with Crippen LogP contribution in [0.3, 0.4) is 0 Å². The number of benzene rings is 1. The molecular weight excluding hydrogens is 266 g/mol. The Morgan fingerprint density at radius 3 is 2.38 bits per heavy atom. The van der Waals surface area contributed by atoms with Crippen LogP contribution in [0.4, 0.5) is 5.69 Å². The Morgan fingerprint density at radius 2 is 1.71 bits per heavy atom. The van der Waals surface area contributed by atoms with Crippen molar-refractivity contribution in [3.8, 4) is 0 Å². The van der Waals surface area contributed by atoms with Gasteiger partial charge in [0, 0.05) is 32.1 Å². The minimum Gasteiger partial charge on any atom is -0.399 e. The van der Waals surface area contributed by atoms with Gasteiger partial charge in [0.05, 0.1) is 0 Å². The number of rotatable bonds is 9. The summed E-state index contributed by atoms with van der Waals surface area (Å²) in [5.41, 5.74) is 7.54. The lowest BCUT2D eigenvalue weighted by atomic mass is 10.1. The van der Waals surface area contributed by atoms with E-state index in [1.165, 1.54) is 12.5 Å². The van der Waals surface area contributed by atoms with Gasteiger partial charge in [0.2, 0.25) is 11.8 Å². The summed E-state index contributed by atoms with van der Waals surface area (Å²) in [6.45, 7) is 2.84. The zero-order chi connectivity index (χ0) is 15.5. The Labute approximate surface area is 126 Å². The van der Waals surface area contributed by atoms with E-state index in [0.717, 1.165) is 31.4 Å². The second-order valence-electron chi connectivity index (χ2n) is 5.14. The average molecular weight is 291 g/mol. The van der Waals surface area contributed by atoms with Crippen molar-refractivity contribution in [2.45, 2.75) is 39.0 Å². The van der Waals surface area contributed by atoms with Crippen molar-refractivity contribution in [2.24, 2.45) is 0 Å². The lowest BCUT2D eigenvalue weighted by Crippen LogP contribution is -2.25. The van der Waals surface area contributed by atoms with Crippen molar-refractivity contribution in [1.29, 1.82) is 0 Å². The smallest absolute Gasteiger partial charge is 0.220 e. The fourth-order valence-corrected chi connectivity index (χ4v) is 1.97. The second kappa shape index (κ2) is 9.80. The summed E-state index contributed by atoms with van der Waals surface area (Å²) >= 11 is 0. The van der Waals surface area contributed by atoms with Crippen LogP contribution in [0.25, 0.3) is 0 Å². The van der Waals surface area contributed by atoms with Gasteiger partial charge in [-0.1, -0.05) is 18.6 Å². The van der Waals surface area contributed by atoms with Crippen LogP contribution in [0.15, 0.2) is 24.3 Å². The van der Waals surface area contributed by atoms with Gasteiger partial charge in [0.15, 0.2) is 0 Å². The van der Waals surface area contributed by atoms with Crippen LogP contribution in [-0.4, -0.2) is 24.9 Å². The lowest BCUT2D eigenvalue weighted by molar-refractivity contribution is -0.121. The maximum atomic E-state index is 11.6. The predicted molar refractivity (Wildman–Crippen MR) is 84.7 cm³/mol. The molecule has 1 rings (SSSR count). The monoisotopic (exact) mass is 291 g/mol. The van der Waals surface area contributed by atoms with E-state index in [0.29, 0.717) is 19.5 Å². The number of hydrogen-bond donors (Lipinski definition) is 3. The van der Waals surface area contributed by atoms with Gasteiger partial charge in [-0.3, -0.25) is 9.59 Å². The Balaban J connectivity index is 2.01. The largest absolute Gasteiger partial charge is 0.399 e. The first-order chi connectivity index (χ1) is 10.1. The zero-order valence-corrected chi connectivity index (χ0v) is 12.7. The van der Waals surface area contributed by atoms with Gasteiger partial charge in [0.1, 0.15) is 0 Å². The molecule has 2 amide bonds. The molecule has 0 unspecified atom stereocenters. The van der Waals surface area contributed by atoms with E-state index in [1.807, 2.05) is 24.3 Å². The molecule has 0 aliphatic heterocycles. The molecule has 0 saturated carbocycles. The SMILES string of the molecule is CC(=O)NCCCCCC(=O)NCCc1ccc(N)cc1. The van der Waals surface area contributed by atoms with E-state index >= 15 is 0 Å². The molecule has 0 radical (unpaired) electrons. The van der Waals surface area contributed by atoms with Gasteiger partial charge in [-0.2, -0.15) is 0 Å². The van der Waals surface area contributed by atoms with Crippen LogP contribution >= 0.6 is 0 Å². The third-order valence-corrected chi connectivity index (χ3v) is 3.17. The second-order valence-corrected chi connectivity index (χ2v) is 5.14. The van der Waals surface area contributed by atoms with Crippen LogP contribution in [0, 0.1) is 0 Å². The molecule has 0 aromatic heterocycles. The Morgan fingerprint density at radius 1 is 1.00 bits per heavy atom.